The van der Waals surface area contributed by atoms with Gasteiger partial charge < -0.3 is 10.1 Å². The summed E-state index contributed by atoms with van der Waals surface area (Å²) in [5.41, 5.74) is 5.79. The van der Waals surface area contributed by atoms with Crippen LogP contribution >= 0.6 is 11.3 Å². The molecule has 1 aliphatic rings. The van der Waals surface area contributed by atoms with Crippen LogP contribution in [0.3, 0.4) is 0 Å². The third-order valence-corrected chi connectivity index (χ3v) is 8.42. The number of hydrogen-bond donors (Lipinski definition) is 1. The molecule has 192 valence electrons. The first-order valence-corrected chi connectivity index (χ1v) is 15.1. The molecule has 1 fully saturated rings. The van der Waals surface area contributed by atoms with Crippen molar-refractivity contribution in [3.05, 3.63) is 83.1 Å². The highest BCUT2D eigenvalue weighted by Gasteiger charge is 2.41. The van der Waals surface area contributed by atoms with Crippen LogP contribution in [0.2, 0.25) is 0 Å². The molecule has 0 amide bonds. The van der Waals surface area contributed by atoms with E-state index in [1.54, 1.807) is 29.5 Å². The van der Waals surface area contributed by atoms with Gasteiger partial charge in [-0.15, -0.1) is 0 Å². The largest absolute Gasteiger partial charge is 0.470 e. The molecular weight excluding hydrogens is 516 g/mol. The Morgan fingerprint density at radius 2 is 1.76 bits per heavy atom. The third-order valence-electron chi connectivity index (χ3n) is 6.62. The fourth-order valence-electron chi connectivity index (χ4n) is 4.12. The smallest absolute Gasteiger partial charge is 0.246 e. The molecule has 0 unspecified atom stereocenters. The summed E-state index contributed by atoms with van der Waals surface area (Å²) in [7, 11) is -3.33. The number of benzene rings is 2. The average molecular weight is 543 g/mol. The summed E-state index contributed by atoms with van der Waals surface area (Å²) in [6.45, 7) is 2.62. The number of rotatable bonds is 8. The van der Waals surface area contributed by atoms with E-state index in [0.717, 1.165) is 18.4 Å². The fraction of sp³-hybridized carbons (Fsp3) is 0.207. The number of nitrogens with one attached hydrogen (secondary N) is 1. The Labute approximate surface area is 225 Å². The van der Waals surface area contributed by atoms with Crippen LogP contribution in [-0.2, 0) is 16.4 Å². The number of thiophene rings is 1. The number of ether oxygens (including phenoxy) is 1. The molecule has 0 aliphatic heterocycles. The van der Waals surface area contributed by atoms with Gasteiger partial charge >= 0.3 is 0 Å². The monoisotopic (exact) mass is 542 g/mol. The lowest BCUT2D eigenvalue weighted by Crippen LogP contribution is -2.15. The van der Waals surface area contributed by atoms with Crippen molar-refractivity contribution in [2.24, 2.45) is 0 Å². The zero-order valence-corrected chi connectivity index (χ0v) is 22.6. The topological polar surface area (TPSA) is 94.1 Å². The molecule has 1 saturated carbocycles. The first kappa shape index (κ1) is 24.5. The average Bonchev–Trinajstić information content (AvgIpc) is 3.39. The van der Waals surface area contributed by atoms with Gasteiger partial charge in [0, 0.05) is 18.4 Å². The van der Waals surface area contributed by atoms with Crippen LogP contribution in [0.15, 0.2) is 82.4 Å². The van der Waals surface area contributed by atoms with Crippen molar-refractivity contribution in [2.45, 2.75) is 36.8 Å². The van der Waals surface area contributed by atoms with Crippen LogP contribution in [0.1, 0.15) is 25.3 Å². The Balaban J connectivity index is 1.30. The van der Waals surface area contributed by atoms with Gasteiger partial charge in [0.25, 0.3) is 0 Å². The molecule has 3 aromatic heterocycles. The lowest BCUT2D eigenvalue weighted by Gasteiger charge is -2.15. The van der Waals surface area contributed by atoms with Gasteiger partial charge in [0.05, 0.1) is 16.1 Å². The SMILES string of the molecule is CC1(Oc2nc(NCc3ccc(-c4ccsc4)cc3)nc3ccc(-c4cccc(S(C)(=O)=O)c4)nc23)CC1. The van der Waals surface area contributed by atoms with Crippen LogP contribution in [0, 0.1) is 0 Å². The predicted molar refractivity (Wildman–Crippen MR) is 151 cm³/mol. The van der Waals surface area contributed by atoms with Crippen molar-refractivity contribution in [1.29, 1.82) is 0 Å². The summed E-state index contributed by atoms with van der Waals surface area (Å²) in [5.74, 6) is 0.888. The number of anilines is 1. The van der Waals surface area contributed by atoms with Gasteiger partial charge in [-0.25, -0.2) is 18.4 Å². The molecule has 0 bridgehead atoms. The second kappa shape index (κ2) is 9.49. The van der Waals surface area contributed by atoms with Crippen LogP contribution in [-0.4, -0.2) is 35.2 Å². The molecule has 7 nitrogen and oxygen atoms in total. The van der Waals surface area contributed by atoms with E-state index in [9.17, 15) is 8.42 Å². The van der Waals surface area contributed by atoms with E-state index in [-0.39, 0.29) is 10.5 Å². The Bertz CT molecular complexity index is 1730. The minimum atomic E-state index is -3.33. The van der Waals surface area contributed by atoms with Gasteiger partial charge in [-0.05, 0) is 77.5 Å². The molecule has 3 heterocycles. The van der Waals surface area contributed by atoms with Gasteiger partial charge in [0.15, 0.2) is 15.4 Å². The second-order valence-electron chi connectivity index (χ2n) is 9.83. The highest BCUT2D eigenvalue weighted by atomic mass is 32.2. The van der Waals surface area contributed by atoms with E-state index in [1.165, 1.54) is 17.4 Å². The molecule has 0 saturated heterocycles. The van der Waals surface area contributed by atoms with E-state index in [1.807, 2.05) is 18.2 Å². The maximum atomic E-state index is 12.1. The molecule has 5 aromatic rings. The number of hydrogen-bond acceptors (Lipinski definition) is 8. The number of aromatic nitrogens is 3. The van der Waals surface area contributed by atoms with Crippen molar-refractivity contribution in [3.63, 3.8) is 0 Å². The number of nitrogens with zero attached hydrogens (tertiary/aromatic N) is 3. The molecule has 0 spiro atoms. The summed E-state index contributed by atoms with van der Waals surface area (Å²) in [4.78, 5) is 14.4. The summed E-state index contributed by atoms with van der Waals surface area (Å²) in [6.07, 6.45) is 3.10. The van der Waals surface area contributed by atoms with E-state index in [4.69, 9.17) is 14.7 Å². The normalized spacial score (nSPS) is 14.4. The van der Waals surface area contributed by atoms with Crippen LogP contribution < -0.4 is 10.1 Å². The summed E-state index contributed by atoms with van der Waals surface area (Å²) < 4.78 is 30.4. The minimum Gasteiger partial charge on any atom is -0.470 e. The molecule has 0 atom stereocenters. The lowest BCUT2D eigenvalue weighted by molar-refractivity contribution is 0.194. The fourth-order valence-corrected chi connectivity index (χ4v) is 5.45. The number of pyridine rings is 1. The van der Waals surface area contributed by atoms with Crippen LogP contribution in [0.25, 0.3) is 33.4 Å². The van der Waals surface area contributed by atoms with Crippen molar-refractivity contribution in [1.82, 2.24) is 15.0 Å². The summed E-state index contributed by atoms with van der Waals surface area (Å²) in [5, 5.41) is 7.55. The third kappa shape index (κ3) is 5.25. The van der Waals surface area contributed by atoms with Crippen molar-refractivity contribution in [3.8, 4) is 28.3 Å². The zero-order chi connectivity index (χ0) is 26.3. The van der Waals surface area contributed by atoms with E-state index < -0.39 is 9.84 Å². The number of sulfone groups is 1. The van der Waals surface area contributed by atoms with Gasteiger partial charge in [0.1, 0.15) is 5.60 Å². The minimum absolute atomic E-state index is 0.248. The second-order valence-corrected chi connectivity index (χ2v) is 12.6. The van der Waals surface area contributed by atoms with E-state index in [0.29, 0.717) is 40.7 Å². The van der Waals surface area contributed by atoms with Crippen molar-refractivity contribution in [2.75, 3.05) is 11.6 Å². The molecular formula is C29H26N4O3S2. The molecule has 6 rings (SSSR count). The molecule has 38 heavy (non-hydrogen) atoms. The Kier molecular flexibility index (Phi) is 6.12. The molecule has 2 aromatic carbocycles. The lowest BCUT2D eigenvalue weighted by atomic mass is 10.1. The Morgan fingerprint density at radius 1 is 0.947 bits per heavy atom. The molecule has 0 radical (unpaired) electrons. The summed E-state index contributed by atoms with van der Waals surface area (Å²) >= 11 is 1.69. The molecule has 1 N–H and O–H groups in total. The maximum Gasteiger partial charge on any atom is 0.246 e. The first-order valence-electron chi connectivity index (χ1n) is 12.3. The van der Waals surface area contributed by atoms with Crippen molar-refractivity contribution >= 4 is 38.2 Å². The van der Waals surface area contributed by atoms with Gasteiger partial charge in [-0.2, -0.15) is 16.3 Å². The van der Waals surface area contributed by atoms with Gasteiger partial charge in [0.2, 0.25) is 11.8 Å². The maximum absolute atomic E-state index is 12.1. The zero-order valence-electron chi connectivity index (χ0n) is 21.0. The molecule has 1 aliphatic carbocycles. The Morgan fingerprint density at radius 3 is 2.47 bits per heavy atom. The van der Waals surface area contributed by atoms with Gasteiger partial charge in [-0.1, -0.05) is 36.4 Å². The predicted octanol–water partition coefficient (Wildman–Crippen LogP) is 6.37. The summed E-state index contributed by atoms with van der Waals surface area (Å²) in [6, 6.07) is 21.0. The quantitative estimate of drug-likeness (QED) is 0.244. The van der Waals surface area contributed by atoms with Gasteiger partial charge in [-0.3, -0.25) is 0 Å². The highest BCUT2D eigenvalue weighted by molar-refractivity contribution is 7.90. The Hall–Kier alpha value is -3.82. The molecule has 9 heteroatoms. The van der Waals surface area contributed by atoms with Crippen molar-refractivity contribution < 1.29 is 13.2 Å². The van der Waals surface area contributed by atoms with Crippen LogP contribution in [0.4, 0.5) is 5.95 Å². The van der Waals surface area contributed by atoms with Crippen LogP contribution in [0.5, 0.6) is 5.88 Å². The highest BCUT2D eigenvalue weighted by Crippen LogP contribution is 2.41. The number of fused-ring (bicyclic) bond motifs is 1. The van der Waals surface area contributed by atoms with E-state index >= 15 is 0 Å². The first-order chi connectivity index (χ1) is 18.3. The standard InChI is InChI=1S/C29H26N4O3S2/c1-29(13-14-29)36-27-26-25(11-10-24(31-26)21-4-3-5-23(16-21)38(2,34)35)32-28(33-27)30-17-19-6-8-20(9-7-19)22-12-15-37-18-22/h3-12,15-16,18H,13-14,17H2,1-2H3,(H,30,32,33). The van der Waals surface area contributed by atoms with E-state index in [2.05, 4.69) is 58.3 Å².